The Hall–Kier alpha value is -3.14. The third-order valence-corrected chi connectivity index (χ3v) is 6.14. The standard InChI is InChI=1S/C20H16Cl2N4O4S/c1-13(17-4-2-3-5-18(17)22)23-24-19-11-10-16(12-20(19)26(27)28)31(29,30)25-15-8-6-14(21)7-9-15/h2-12,24-25H,1H3/b23-13+. The monoisotopic (exact) mass is 478 g/mol. The fraction of sp³-hybridized carbons (Fsp3) is 0.0500. The zero-order valence-corrected chi connectivity index (χ0v) is 18.4. The van der Waals surface area contributed by atoms with Gasteiger partial charge in [-0.2, -0.15) is 5.10 Å². The zero-order valence-electron chi connectivity index (χ0n) is 16.0. The van der Waals surface area contributed by atoms with Crippen LogP contribution >= 0.6 is 23.2 Å². The minimum atomic E-state index is -4.06. The van der Waals surface area contributed by atoms with Crippen LogP contribution < -0.4 is 10.1 Å². The molecule has 0 bridgehead atoms. The number of hydrogen-bond acceptors (Lipinski definition) is 6. The highest BCUT2D eigenvalue weighted by Gasteiger charge is 2.22. The van der Waals surface area contributed by atoms with Crippen molar-refractivity contribution in [2.45, 2.75) is 11.8 Å². The molecular weight excluding hydrogens is 463 g/mol. The summed E-state index contributed by atoms with van der Waals surface area (Å²) in [6.45, 7) is 1.69. The van der Waals surface area contributed by atoms with Gasteiger partial charge in [0.25, 0.3) is 15.7 Å². The van der Waals surface area contributed by atoms with Crippen LogP contribution in [0.15, 0.2) is 76.7 Å². The van der Waals surface area contributed by atoms with Crippen molar-refractivity contribution in [3.63, 3.8) is 0 Å². The lowest BCUT2D eigenvalue weighted by Gasteiger charge is -2.10. The molecule has 0 aromatic heterocycles. The first-order chi connectivity index (χ1) is 14.7. The summed E-state index contributed by atoms with van der Waals surface area (Å²) in [5.74, 6) is 0. The lowest BCUT2D eigenvalue weighted by molar-refractivity contribution is -0.384. The molecular formula is C20H16Cl2N4O4S. The molecule has 0 aliphatic heterocycles. The van der Waals surface area contributed by atoms with E-state index in [2.05, 4.69) is 15.2 Å². The molecule has 3 rings (SSSR count). The molecule has 3 aromatic carbocycles. The van der Waals surface area contributed by atoms with E-state index < -0.39 is 20.6 Å². The largest absolute Gasteiger partial charge is 0.295 e. The number of halogens is 2. The molecule has 0 fully saturated rings. The van der Waals surface area contributed by atoms with Crippen molar-refractivity contribution in [2.75, 3.05) is 10.1 Å². The minimum absolute atomic E-state index is 0.0295. The maximum absolute atomic E-state index is 12.6. The molecule has 0 atom stereocenters. The third kappa shape index (κ3) is 5.52. The lowest BCUT2D eigenvalue weighted by atomic mass is 10.1. The third-order valence-electron chi connectivity index (χ3n) is 4.18. The first-order valence-electron chi connectivity index (χ1n) is 8.79. The van der Waals surface area contributed by atoms with Crippen LogP contribution in [0.4, 0.5) is 17.1 Å². The summed E-state index contributed by atoms with van der Waals surface area (Å²) in [6, 6.07) is 16.5. The molecule has 8 nitrogen and oxygen atoms in total. The van der Waals surface area contributed by atoms with Gasteiger partial charge in [-0.3, -0.25) is 20.3 Å². The number of benzene rings is 3. The van der Waals surface area contributed by atoms with E-state index in [4.69, 9.17) is 23.2 Å². The number of nitro benzene ring substituents is 1. The Labute approximate surface area is 188 Å². The lowest BCUT2D eigenvalue weighted by Crippen LogP contribution is -2.13. The van der Waals surface area contributed by atoms with E-state index in [1.165, 1.54) is 36.4 Å². The van der Waals surface area contributed by atoms with E-state index >= 15 is 0 Å². The van der Waals surface area contributed by atoms with Crippen molar-refractivity contribution in [1.82, 2.24) is 0 Å². The quantitative estimate of drug-likeness (QED) is 0.263. The van der Waals surface area contributed by atoms with Gasteiger partial charge in [0.15, 0.2) is 0 Å². The maximum Gasteiger partial charge on any atom is 0.295 e. The van der Waals surface area contributed by atoms with Crippen molar-refractivity contribution in [1.29, 1.82) is 0 Å². The van der Waals surface area contributed by atoms with Crippen LogP contribution in [-0.2, 0) is 10.0 Å². The number of sulfonamides is 1. The van der Waals surface area contributed by atoms with Crippen LogP contribution in [0, 0.1) is 10.1 Å². The molecule has 0 aliphatic rings. The van der Waals surface area contributed by atoms with Gasteiger partial charge in [-0.05, 0) is 49.4 Å². The summed E-state index contributed by atoms with van der Waals surface area (Å²) < 4.78 is 27.6. The fourth-order valence-electron chi connectivity index (χ4n) is 2.62. The average molecular weight is 479 g/mol. The second kappa shape index (κ2) is 9.34. The summed E-state index contributed by atoms with van der Waals surface area (Å²) in [6.07, 6.45) is 0. The Morgan fingerprint density at radius 1 is 1.03 bits per heavy atom. The van der Waals surface area contributed by atoms with Crippen LogP contribution in [0.1, 0.15) is 12.5 Å². The molecule has 31 heavy (non-hydrogen) atoms. The Morgan fingerprint density at radius 2 is 1.71 bits per heavy atom. The summed E-state index contributed by atoms with van der Waals surface area (Å²) in [5.41, 5.74) is 3.62. The first kappa shape index (κ1) is 22.5. The molecule has 0 amide bonds. The van der Waals surface area contributed by atoms with Crippen LogP contribution in [-0.4, -0.2) is 19.1 Å². The second-order valence-corrected chi connectivity index (χ2v) is 8.86. The van der Waals surface area contributed by atoms with Crippen molar-refractivity contribution >= 4 is 56.0 Å². The highest BCUT2D eigenvalue weighted by Crippen LogP contribution is 2.29. The van der Waals surface area contributed by atoms with Gasteiger partial charge >= 0.3 is 0 Å². The molecule has 0 saturated heterocycles. The van der Waals surface area contributed by atoms with Crippen molar-refractivity contribution in [3.8, 4) is 0 Å². The molecule has 0 heterocycles. The Kier molecular flexibility index (Phi) is 6.79. The van der Waals surface area contributed by atoms with Gasteiger partial charge < -0.3 is 0 Å². The minimum Gasteiger partial charge on any atom is -0.280 e. The van der Waals surface area contributed by atoms with Gasteiger partial charge in [0, 0.05) is 27.4 Å². The fourth-order valence-corrected chi connectivity index (χ4v) is 4.09. The molecule has 0 radical (unpaired) electrons. The second-order valence-electron chi connectivity index (χ2n) is 6.34. The van der Waals surface area contributed by atoms with E-state index in [-0.39, 0.29) is 16.3 Å². The molecule has 3 aromatic rings. The van der Waals surface area contributed by atoms with Crippen LogP contribution in [0.2, 0.25) is 10.0 Å². The predicted octanol–water partition coefficient (Wildman–Crippen LogP) is 5.54. The Morgan fingerprint density at radius 3 is 2.35 bits per heavy atom. The smallest absolute Gasteiger partial charge is 0.280 e. The SMILES string of the molecule is C/C(=N\Nc1ccc(S(=O)(=O)Nc2ccc(Cl)cc2)cc1[N+](=O)[O-])c1ccccc1Cl. The number of nitrogens with zero attached hydrogens (tertiary/aromatic N) is 2. The summed E-state index contributed by atoms with van der Waals surface area (Å²) in [4.78, 5) is 10.6. The first-order valence-corrected chi connectivity index (χ1v) is 11.0. The van der Waals surface area contributed by atoms with Gasteiger partial charge in [0.1, 0.15) is 5.69 Å². The number of rotatable bonds is 7. The highest BCUT2D eigenvalue weighted by molar-refractivity contribution is 7.92. The van der Waals surface area contributed by atoms with E-state index in [0.717, 1.165) is 6.07 Å². The summed E-state index contributed by atoms with van der Waals surface area (Å²) in [7, 11) is -4.06. The maximum atomic E-state index is 12.6. The Balaban J connectivity index is 1.89. The predicted molar refractivity (Wildman–Crippen MR) is 123 cm³/mol. The summed E-state index contributed by atoms with van der Waals surface area (Å²) in [5, 5.41) is 16.6. The van der Waals surface area contributed by atoms with Crippen LogP contribution in [0.25, 0.3) is 0 Å². The molecule has 0 spiro atoms. The van der Waals surface area contributed by atoms with E-state index in [1.807, 2.05) is 0 Å². The number of nitro groups is 1. The van der Waals surface area contributed by atoms with E-state index in [1.54, 1.807) is 31.2 Å². The van der Waals surface area contributed by atoms with Gasteiger partial charge in [-0.25, -0.2) is 8.42 Å². The van der Waals surface area contributed by atoms with E-state index in [9.17, 15) is 18.5 Å². The van der Waals surface area contributed by atoms with Gasteiger partial charge in [0.05, 0.1) is 15.5 Å². The van der Waals surface area contributed by atoms with Gasteiger partial charge in [-0.15, -0.1) is 0 Å². The molecule has 160 valence electrons. The summed E-state index contributed by atoms with van der Waals surface area (Å²) >= 11 is 11.9. The normalized spacial score (nSPS) is 11.8. The number of hydrogen-bond donors (Lipinski definition) is 2. The molecule has 11 heteroatoms. The zero-order chi connectivity index (χ0) is 22.6. The van der Waals surface area contributed by atoms with Crippen LogP contribution in [0.3, 0.4) is 0 Å². The number of hydrazone groups is 1. The van der Waals surface area contributed by atoms with Crippen LogP contribution in [0.5, 0.6) is 0 Å². The van der Waals surface area contributed by atoms with Crippen molar-refractivity contribution in [3.05, 3.63) is 92.5 Å². The number of anilines is 2. The molecule has 0 saturated carbocycles. The topological polar surface area (TPSA) is 114 Å². The molecule has 0 aliphatic carbocycles. The van der Waals surface area contributed by atoms with Crippen molar-refractivity contribution in [2.24, 2.45) is 5.10 Å². The van der Waals surface area contributed by atoms with Gasteiger partial charge in [-0.1, -0.05) is 41.4 Å². The van der Waals surface area contributed by atoms with Crippen molar-refractivity contribution < 1.29 is 13.3 Å². The average Bonchev–Trinajstić information content (AvgIpc) is 2.73. The molecule has 0 unspecified atom stereocenters. The molecule has 2 N–H and O–H groups in total. The van der Waals surface area contributed by atoms with E-state index in [0.29, 0.717) is 21.3 Å². The Bertz CT molecular complexity index is 1260. The highest BCUT2D eigenvalue weighted by atomic mass is 35.5. The number of nitrogens with one attached hydrogen (secondary N) is 2. The van der Waals surface area contributed by atoms with Gasteiger partial charge in [0.2, 0.25) is 0 Å².